The fourth-order valence-electron chi connectivity index (χ4n) is 1.29. The minimum absolute atomic E-state index is 0.167. The van der Waals surface area contributed by atoms with Gasteiger partial charge in [-0.15, -0.1) is 11.3 Å². The van der Waals surface area contributed by atoms with Crippen LogP contribution in [-0.4, -0.2) is 23.2 Å². The number of carbonyl (C=O) groups is 1. The zero-order valence-corrected chi connectivity index (χ0v) is 11.2. The quantitative estimate of drug-likeness (QED) is 0.938. The molecule has 0 aromatic carbocycles. The van der Waals surface area contributed by atoms with E-state index in [1.54, 1.807) is 12.1 Å². The van der Waals surface area contributed by atoms with Crippen molar-refractivity contribution in [3.63, 3.8) is 0 Å². The number of aromatic carboxylic acids is 1. The fraction of sp³-hybridized carbons (Fsp3) is 0.200. The lowest BCUT2D eigenvalue weighted by Gasteiger charge is -1.94. The SMILES string of the molecule is COCc1nc(-c2ccc(Br)o2)sc1C(=O)O. The molecule has 90 valence electrons. The van der Waals surface area contributed by atoms with Crippen molar-refractivity contribution in [3.05, 3.63) is 27.4 Å². The van der Waals surface area contributed by atoms with Crippen LogP contribution in [0.15, 0.2) is 21.2 Å². The minimum atomic E-state index is -1.01. The first-order chi connectivity index (χ1) is 8.11. The summed E-state index contributed by atoms with van der Waals surface area (Å²) in [4.78, 5) is 15.4. The Balaban J connectivity index is 2.43. The summed E-state index contributed by atoms with van der Waals surface area (Å²) in [6.45, 7) is 0.167. The Kier molecular flexibility index (Phi) is 3.60. The molecule has 17 heavy (non-hydrogen) atoms. The molecule has 0 bridgehead atoms. The second-order valence-corrected chi connectivity index (χ2v) is 4.92. The van der Waals surface area contributed by atoms with E-state index < -0.39 is 5.97 Å². The van der Waals surface area contributed by atoms with Gasteiger partial charge in [0.2, 0.25) is 0 Å². The van der Waals surface area contributed by atoms with E-state index in [4.69, 9.17) is 14.3 Å². The van der Waals surface area contributed by atoms with Gasteiger partial charge in [-0.2, -0.15) is 0 Å². The molecular formula is C10H8BrNO4S. The average Bonchev–Trinajstić information content (AvgIpc) is 2.85. The van der Waals surface area contributed by atoms with Crippen LogP contribution in [0.4, 0.5) is 0 Å². The Morgan fingerprint density at radius 2 is 2.41 bits per heavy atom. The first-order valence-corrected chi connectivity index (χ1v) is 6.20. The molecule has 7 heteroatoms. The van der Waals surface area contributed by atoms with Gasteiger partial charge in [0.1, 0.15) is 4.88 Å². The van der Waals surface area contributed by atoms with Crippen LogP contribution < -0.4 is 0 Å². The highest BCUT2D eigenvalue weighted by atomic mass is 79.9. The number of ether oxygens (including phenoxy) is 1. The van der Waals surface area contributed by atoms with Crippen molar-refractivity contribution in [2.24, 2.45) is 0 Å². The number of halogens is 1. The fourth-order valence-corrected chi connectivity index (χ4v) is 2.46. The maximum absolute atomic E-state index is 11.0. The molecule has 2 rings (SSSR count). The molecule has 0 aliphatic rings. The van der Waals surface area contributed by atoms with Crippen LogP contribution in [0.25, 0.3) is 10.8 Å². The van der Waals surface area contributed by atoms with Crippen LogP contribution in [-0.2, 0) is 11.3 Å². The molecule has 0 atom stereocenters. The predicted molar refractivity (Wildman–Crippen MR) is 65.2 cm³/mol. The first-order valence-electron chi connectivity index (χ1n) is 4.59. The molecule has 2 heterocycles. The lowest BCUT2D eigenvalue weighted by Crippen LogP contribution is -1.99. The number of thiazole rings is 1. The molecule has 1 N–H and O–H groups in total. The summed E-state index contributed by atoms with van der Waals surface area (Å²) in [7, 11) is 1.49. The highest BCUT2D eigenvalue weighted by molar-refractivity contribution is 9.10. The maximum atomic E-state index is 11.0. The van der Waals surface area contributed by atoms with E-state index in [0.717, 1.165) is 11.3 Å². The van der Waals surface area contributed by atoms with Crippen LogP contribution in [0.1, 0.15) is 15.4 Å². The number of furan rings is 1. The number of aromatic nitrogens is 1. The van der Waals surface area contributed by atoms with Gasteiger partial charge in [0, 0.05) is 7.11 Å². The predicted octanol–water partition coefficient (Wildman–Crippen LogP) is 3.01. The largest absolute Gasteiger partial charge is 0.477 e. The highest BCUT2D eigenvalue weighted by Crippen LogP contribution is 2.31. The molecular weight excluding hydrogens is 310 g/mol. The molecule has 0 spiro atoms. The third kappa shape index (κ3) is 2.56. The van der Waals surface area contributed by atoms with Crippen LogP contribution in [0.3, 0.4) is 0 Å². The lowest BCUT2D eigenvalue weighted by atomic mass is 10.4. The Bertz CT molecular complexity index is 548. The number of methoxy groups -OCH3 is 1. The third-order valence-electron chi connectivity index (χ3n) is 1.96. The van der Waals surface area contributed by atoms with Gasteiger partial charge in [-0.05, 0) is 28.1 Å². The van der Waals surface area contributed by atoms with E-state index in [2.05, 4.69) is 20.9 Å². The molecule has 0 aliphatic heterocycles. The van der Waals surface area contributed by atoms with Gasteiger partial charge >= 0.3 is 5.97 Å². The molecule has 2 aromatic heterocycles. The standard InChI is InChI=1S/C10H8BrNO4S/c1-15-4-5-8(10(13)14)17-9(12-5)6-2-3-7(11)16-6/h2-3H,4H2,1H3,(H,13,14). The second kappa shape index (κ2) is 4.99. The number of hydrogen-bond donors (Lipinski definition) is 1. The van der Waals surface area contributed by atoms with Crippen molar-refractivity contribution in [3.8, 4) is 10.8 Å². The molecule has 0 saturated carbocycles. The Hall–Kier alpha value is -1.18. The zero-order valence-electron chi connectivity index (χ0n) is 8.77. The van der Waals surface area contributed by atoms with Crippen molar-refractivity contribution in [1.82, 2.24) is 4.98 Å². The first kappa shape index (κ1) is 12.3. The van der Waals surface area contributed by atoms with Crippen LogP contribution >= 0.6 is 27.3 Å². The van der Waals surface area contributed by atoms with Crippen LogP contribution in [0.2, 0.25) is 0 Å². The van der Waals surface area contributed by atoms with E-state index in [1.807, 2.05) is 0 Å². The maximum Gasteiger partial charge on any atom is 0.347 e. The Labute approximate surface area is 109 Å². The summed E-state index contributed by atoms with van der Waals surface area (Å²) in [5.74, 6) is -0.474. The summed E-state index contributed by atoms with van der Waals surface area (Å²) in [5, 5.41) is 9.56. The normalized spacial score (nSPS) is 10.7. The molecule has 0 saturated heterocycles. The zero-order chi connectivity index (χ0) is 12.4. The highest BCUT2D eigenvalue weighted by Gasteiger charge is 2.19. The number of carboxylic acid groups (broad SMARTS) is 1. The minimum Gasteiger partial charge on any atom is -0.477 e. The summed E-state index contributed by atoms with van der Waals surface area (Å²) in [6, 6.07) is 3.46. The summed E-state index contributed by atoms with van der Waals surface area (Å²) in [5.41, 5.74) is 0.410. The van der Waals surface area contributed by atoms with Crippen LogP contribution in [0.5, 0.6) is 0 Å². The summed E-state index contributed by atoms with van der Waals surface area (Å²) in [6.07, 6.45) is 0. The van der Waals surface area contributed by atoms with Gasteiger partial charge in [-0.1, -0.05) is 0 Å². The second-order valence-electron chi connectivity index (χ2n) is 3.14. The van der Waals surface area contributed by atoms with Gasteiger partial charge in [0.15, 0.2) is 15.4 Å². The third-order valence-corrected chi connectivity index (χ3v) is 3.48. The van der Waals surface area contributed by atoms with Crippen molar-refractivity contribution in [2.45, 2.75) is 6.61 Å². The molecule has 0 radical (unpaired) electrons. The monoisotopic (exact) mass is 317 g/mol. The summed E-state index contributed by atoms with van der Waals surface area (Å²) >= 11 is 4.25. The van der Waals surface area contributed by atoms with Crippen molar-refractivity contribution in [1.29, 1.82) is 0 Å². The van der Waals surface area contributed by atoms with Gasteiger partial charge in [-0.25, -0.2) is 9.78 Å². The van der Waals surface area contributed by atoms with Gasteiger partial charge in [-0.3, -0.25) is 0 Å². The molecule has 2 aromatic rings. The molecule has 0 aliphatic carbocycles. The number of hydrogen-bond acceptors (Lipinski definition) is 5. The number of rotatable bonds is 4. The van der Waals surface area contributed by atoms with Crippen LogP contribution in [0, 0.1) is 0 Å². The van der Waals surface area contributed by atoms with Gasteiger partial charge in [0.05, 0.1) is 12.3 Å². The van der Waals surface area contributed by atoms with Gasteiger partial charge in [0.25, 0.3) is 0 Å². The van der Waals surface area contributed by atoms with E-state index in [-0.39, 0.29) is 11.5 Å². The number of carboxylic acids is 1. The van der Waals surface area contributed by atoms with E-state index in [9.17, 15) is 4.79 Å². The topological polar surface area (TPSA) is 72.6 Å². The smallest absolute Gasteiger partial charge is 0.347 e. The molecule has 5 nitrogen and oxygen atoms in total. The number of nitrogens with zero attached hydrogens (tertiary/aromatic N) is 1. The van der Waals surface area contributed by atoms with Gasteiger partial charge < -0.3 is 14.3 Å². The lowest BCUT2D eigenvalue weighted by molar-refractivity contribution is 0.0697. The average molecular weight is 318 g/mol. The van der Waals surface area contributed by atoms with Crippen molar-refractivity contribution in [2.75, 3.05) is 7.11 Å². The molecule has 0 fully saturated rings. The van der Waals surface area contributed by atoms with Crippen molar-refractivity contribution >= 4 is 33.2 Å². The Morgan fingerprint density at radius 1 is 1.65 bits per heavy atom. The summed E-state index contributed by atoms with van der Waals surface area (Å²) < 4.78 is 10.8. The van der Waals surface area contributed by atoms with E-state index >= 15 is 0 Å². The van der Waals surface area contributed by atoms with E-state index in [0.29, 0.717) is 21.1 Å². The molecule has 0 unspecified atom stereocenters. The Morgan fingerprint density at radius 3 is 2.94 bits per heavy atom. The van der Waals surface area contributed by atoms with Crippen molar-refractivity contribution < 1.29 is 19.1 Å². The van der Waals surface area contributed by atoms with E-state index in [1.165, 1.54) is 7.11 Å². The molecule has 0 amide bonds.